The largest absolute Gasteiger partial charge is 0.393 e. The summed E-state index contributed by atoms with van der Waals surface area (Å²) in [5, 5.41) is 18.4. The molecule has 82 valence electrons. The van der Waals surface area contributed by atoms with Crippen LogP contribution in [-0.2, 0) is 0 Å². The molecule has 0 amide bonds. The molecule has 1 aromatic carbocycles. The molecule has 2 N–H and O–H groups in total. The van der Waals surface area contributed by atoms with E-state index in [0.717, 1.165) is 12.0 Å². The van der Waals surface area contributed by atoms with Crippen LogP contribution in [0.2, 0.25) is 0 Å². The van der Waals surface area contributed by atoms with Crippen molar-refractivity contribution in [3.05, 3.63) is 42.0 Å². The van der Waals surface area contributed by atoms with Crippen molar-refractivity contribution in [2.75, 3.05) is 6.61 Å². The van der Waals surface area contributed by atoms with E-state index in [1.807, 2.05) is 42.5 Å². The third-order valence-corrected chi connectivity index (χ3v) is 2.30. The van der Waals surface area contributed by atoms with Gasteiger partial charge in [0.2, 0.25) is 0 Å². The summed E-state index contributed by atoms with van der Waals surface area (Å²) in [6.07, 6.45) is 5.38. The number of rotatable bonds is 5. The lowest BCUT2D eigenvalue weighted by molar-refractivity contribution is -0.00418. The van der Waals surface area contributed by atoms with Crippen LogP contribution >= 0.6 is 0 Å². The van der Waals surface area contributed by atoms with Crippen LogP contribution in [-0.4, -0.2) is 22.4 Å². The molecule has 2 nitrogen and oxygen atoms in total. The van der Waals surface area contributed by atoms with E-state index in [-0.39, 0.29) is 6.61 Å². The van der Waals surface area contributed by atoms with Gasteiger partial charge in [0.05, 0.1) is 12.2 Å². The van der Waals surface area contributed by atoms with Gasteiger partial charge in [0.15, 0.2) is 0 Å². The first-order chi connectivity index (χ1) is 7.14. The number of hydrogen-bond acceptors (Lipinski definition) is 2. The Labute approximate surface area is 90.9 Å². The molecule has 1 atom stereocenters. The predicted octanol–water partition coefficient (Wildman–Crippen LogP) is 2.22. The SMILES string of the molecule is CC(O)(CO)CC/C=C/c1ccccc1. The smallest absolute Gasteiger partial charge is 0.0852 e. The number of hydrogen-bond donors (Lipinski definition) is 2. The zero-order chi connectivity index (χ0) is 11.1. The minimum Gasteiger partial charge on any atom is -0.393 e. The Morgan fingerprint density at radius 1 is 1.27 bits per heavy atom. The summed E-state index contributed by atoms with van der Waals surface area (Å²) in [5.74, 6) is 0. The molecule has 1 aromatic rings. The standard InChI is InChI=1S/C13H18O2/c1-13(15,11-14)10-6-5-9-12-7-3-2-4-8-12/h2-5,7-9,14-15H,6,10-11H2,1H3/b9-5+. The van der Waals surface area contributed by atoms with E-state index in [1.165, 1.54) is 0 Å². The summed E-state index contributed by atoms with van der Waals surface area (Å²) in [6.45, 7) is 1.45. The molecule has 2 heteroatoms. The van der Waals surface area contributed by atoms with Crippen molar-refractivity contribution in [2.24, 2.45) is 0 Å². The quantitative estimate of drug-likeness (QED) is 0.775. The van der Waals surface area contributed by atoms with E-state index in [1.54, 1.807) is 6.92 Å². The summed E-state index contributed by atoms with van der Waals surface area (Å²) in [7, 11) is 0. The van der Waals surface area contributed by atoms with E-state index in [4.69, 9.17) is 5.11 Å². The van der Waals surface area contributed by atoms with E-state index in [0.29, 0.717) is 6.42 Å². The Morgan fingerprint density at radius 3 is 2.53 bits per heavy atom. The highest BCUT2D eigenvalue weighted by molar-refractivity contribution is 5.48. The predicted molar refractivity (Wildman–Crippen MR) is 62.4 cm³/mol. The average Bonchev–Trinajstić information content (AvgIpc) is 2.26. The molecule has 0 aliphatic carbocycles. The first-order valence-electron chi connectivity index (χ1n) is 5.19. The van der Waals surface area contributed by atoms with Crippen molar-refractivity contribution in [3.63, 3.8) is 0 Å². The fourth-order valence-corrected chi connectivity index (χ4v) is 1.26. The van der Waals surface area contributed by atoms with Gasteiger partial charge in [-0.25, -0.2) is 0 Å². The lowest BCUT2D eigenvalue weighted by Crippen LogP contribution is -2.28. The second-order valence-corrected chi connectivity index (χ2v) is 4.01. The number of aliphatic hydroxyl groups is 2. The maximum atomic E-state index is 9.54. The van der Waals surface area contributed by atoms with Crippen molar-refractivity contribution >= 4 is 6.08 Å². The third kappa shape index (κ3) is 4.77. The van der Waals surface area contributed by atoms with Crippen LogP contribution in [0.4, 0.5) is 0 Å². The van der Waals surface area contributed by atoms with E-state index in [9.17, 15) is 5.11 Å². The van der Waals surface area contributed by atoms with Crippen LogP contribution in [0.25, 0.3) is 6.08 Å². The van der Waals surface area contributed by atoms with Gasteiger partial charge in [-0.15, -0.1) is 0 Å². The fourth-order valence-electron chi connectivity index (χ4n) is 1.26. The molecule has 0 radical (unpaired) electrons. The molecule has 15 heavy (non-hydrogen) atoms. The van der Waals surface area contributed by atoms with Crippen LogP contribution in [0.3, 0.4) is 0 Å². The topological polar surface area (TPSA) is 40.5 Å². The Balaban J connectivity index is 2.35. The summed E-state index contributed by atoms with van der Waals surface area (Å²) >= 11 is 0. The maximum Gasteiger partial charge on any atom is 0.0852 e. The summed E-state index contributed by atoms with van der Waals surface area (Å²) < 4.78 is 0. The zero-order valence-corrected chi connectivity index (χ0v) is 9.06. The number of allylic oxidation sites excluding steroid dienone is 1. The monoisotopic (exact) mass is 206 g/mol. The van der Waals surface area contributed by atoms with Gasteiger partial charge < -0.3 is 10.2 Å². The van der Waals surface area contributed by atoms with Crippen molar-refractivity contribution in [1.82, 2.24) is 0 Å². The Hall–Kier alpha value is -1.12. The minimum absolute atomic E-state index is 0.188. The van der Waals surface area contributed by atoms with Crippen LogP contribution < -0.4 is 0 Å². The van der Waals surface area contributed by atoms with E-state index in [2.05, 4.69) is 0 Å². The molecule has 0 heterocycles. The third-order valence-electron chi connectivity index (χ3n) is 2.30. The van der Waals surface area contributed by atoms with Gasteiger partial charge in [0, 0.05) is 0 Å². The molecular weight excluding hydrogens is 188 g/mol. The Kier molecular flexibility index (Phi) is 4.53. The van der Waals surface area contributed by atoms with E-state index < -0.39 is 5.60 Å². The highest BCUT2D eigenvalue weighted by Gasteiger charge is 2.16. The van der Waals surface area contributed by atoms with Crippen molar-refractivity contribution < 1.29 is 10.2 Å². The molecule has 0 spiro atoms. The summed E-state index contributed by atoms with van der Waals surface area (Å²) in [5.41, 5.74) is 0.197. The lowest BCUT2D eigenvalue weighted by Gasteiger charge is -2.18. The molecule has 0 saturated carbocycles. The molecule has 0 saturated heterocycles. The Morgan fingerprint density at radius 2 is 1.93 bits per heavy atom. The van der Waals surface area contributed by atoms with Gasteiger partial charge in [0.25, 0.3) is 0 Å². The first kappa shape index (κ1) is 12.0. The molecular formula is C13H18O2. The van der Waals surface area contributed by atoms with Crippen molar-refractivity contribution in [3.8, 4) is 0 Å². The first-order valence-corrected chi connectivity index (χ1v) is 5.19. The molecule has 0 aromatic heterocycles. The molecule has 0 fully saturated rings. The van der Waals surface area contributed by atoms with Crippen LogP contribution in [0.1, 0.15) is 25.3 Å². The lowest BCUT2D eigenvalue weighted by atomic mass is 10.0. The second-order valence-electron chi connectivity index (χ2n) is 4.01. The summed E-state index contributed by atoms with van der Waals surface area (Å²) in [4.78, 5) is 0. The fraction of sp³-hybridized carbons (Fsp3) is 0.385. The van der Waals surface area contributed by atoms with Gasteiger partial charge in [0.1, 0.15) is 0 Å². The van der Waals surface area contributed by atoms with Crippen molar-refractivity contribution in [2.45, 2.75) is 25.4 Å². The normalized spacial score (nSPS) is 15.4. The highest BCUT2D eigenvalue weighted by Crippen LogP contribution is 2.12. The molecule has 0 aliphatic rings. The number of benzene rings is 1. The number of aliphatic hydroxyl groups excluding tert-OH is 1. The van der Waals surface area contributed by atoms with Gasteiger partial charge in [-0.3, -0.25) is 0 Å². The second kappa shape index (κ2) is 5.69. The molecule has 1 rings (SSSR count). The van der Waals surface area contributed by atoms with Gasteiger partial charge in [-0.05, 0) is 25.3 Å². The van der Waals surface area contributed by atoms with Gasteiger partial charge in [-0.1, -0.05) is 42.5 Å². The molecule has 1 unspecified atom stereocenters. The van der Waals surface area contributed by atoms with Crippen LogP contribution in [0, 0.1) is 0 Å². The Bertz CT molecular complexity index is 302. The highest BCUT2D eigenvalue weighted by atomic mass is 16.3. The van der Waals surface area contributed by atoms with Crippen LogP contribution in [0.5, 0.6) is 0 Å². The van der Waals surface area contributed by atoms with Gasteiger partial charge >= 0.3 is 0 Å². The average molecular weight is 206 g/mol. The maximum absolute atomic E-state index is 9.54. The molecule has 0 bridgehead atoms. The molecule has 0 aliphatic heterocycles. The zero-order valence-electron chi connectivity index (χ0n) is 9.06. The van der Waals surface area contributed by atoms with Gasteiger partial charge in [-0.2, -0.15) is 0 Å². The van der Waals surface area contributed by atoms with E-state index >= 15 is 0 Å². The summed E-state index contributed by atoms with van der Waals surface area (Å²) in [6, 6.07) is 10.0. The van der Waals surface area contributed by atoms with Crippen LogP contribution in [0.15, 0.2) is 36.4 Å². The van der Waals surface area contributed by atoms with Crippen molar-refractivity contribution in [1.29, 1.82) is 0 Å². The minimum atomic E-state index is -0.957.